The third-order valence-electron chi connectivity index (χ3n) is 7.16. The molecule has 4 rings (SSSR count). The second-order valence-corrected chi connectivity index (χ2v) is 10.1. The number of carbonyl (C=O) groups is 1. The van der Waals surface area contributed by atoms with Gasteiger partial charge >= 0.3 is 0 Å². The summed E-state index contributed by atoms with van der Waals surface area (Å²) in [7, 11) is 2.87. The van der Waals surface area contributed by atoms with Gasteiger partial charge in [-0.2, -0.15) is 0 Å². The minimum Gasteiger partial charge on any atom is -0.507 e. The average Bonchev–Trinajstić information content (AvgIpc) is 2.82. The van der Waals surface area contributed by atoms with Crippen molar-refractivity contribution in [2.45, 2.75) is 57.2 Å². The summed E-state index contributed by atoms with van der Waals surface area (Å²) in [6.07, 6.45) is 2.74. The average molecular weight is 484 g/mol. The van der Waals surface area contributed by atoms with Gasteiger partial charge in [-0.15, -0.1) is 0 Å². The van der Waals surface area contributed by atoms with Crippen LogP contribution in [0, 0.1) is 5.41 Å². The molecule has 1 fully saturated rings. The maximum atomic E-state index is 12.8. The Morgan fingerprint density at radius 1 is 1.09 bits per heavy atom. The molecule has 0 aromatic heterocycles. The number of methoxy groups -OCH3 is 2. The van der Waals surface area contributed by atoms with Crippen molar-refractivity contribution in [3.63, 3.8) is 0 Å². The summed E-state index contributed by atoms with van der Waals surface area (Å²) < 4.78 is 16.5. The minimum absolute atomic E-state index is 0.132. The molecule has 0 bridgehead atoms. The van der Waals surface area contributed by atoms with Crippen LogP contribution in [-0.4, -0.2) is 53.4 Å². The van der Waals surface area contributed by atoms with E-state index < -0.39 is 29.5 Å². The first-order chi connectivity index (χ1) is 16.4. The third kappa shape index (κ3) is 4.31. The van der Waals surface area contributed by atoms with Gasteiger partial charge in [-0.25, -0.2) is 0 Å². The summed E-state index contributed by atoms with van der Waals surface area (Å²) in [6, 6.07) is 9.89. The zero-order valence-electron chi connectivity index (χ0n) is 20.7. The summed E-state index contributed by atoms with van der Waals surface area (Å²) in [5.74, 6) is -0.140. The SMILES string of the molecule is COc1ccc([C@@]2(O)c3c(ccc(/C=C/[C@@]4(C)CCC(C)(C)[C@@H](O)O4)c3O)NC(=O)[C@@H]2OC)cc1. The van der Waals surface area contributed by atoms with Crippen LogP contribution in [0.4, 0.5) is 5.69 Å². The number of benzene rings is 2. The number of nitrogens with one attached hydrogen (secondary N) is 1. The molecule has 1 amide bonds. The van der Waals surface area contributed by atoms with Crippen LogP contribution in [0.5, 0.6) is 11.5 Å². The largest absolute Gasteiger partial charge is 0.507 e. The molecule has 0 aliphatic carbocycles. The molecule has 4 N–H and O–H groups in total. The predicted molar refractivity (Wildman–Crippen MR) is 131 cm³/mol. The van der Waals surface area contributed by atoms with Gasteiger partial charge in [-0.05, 0) is 49.6 Å². The minimum atomic E-state index is -1.96. The van der Waals surface area contributed by atoms with Crippen molar-refractivity contribution in [2.75, 3.05) is 19.5 Å². The number of phenols is 1. The summed E-state index contributed by atoms with van der Waals surface area (Å²) in [5.41, 5.74) is -1.83. The van der Waals surface area contributed by atoms with Crippen LogP contribution < -0.4 is 10.1 Å². The molecule has 2 aromatic carbocycles. The van der Waals surface area contributed by atoms with Gasteiger partial charge in [0.25, 0.3) is 5.91 Å². The van der Waals surface area contributed by atoms with E-state index in [0.29, 0.717) is 23.3 Å². The monoisotopic (exact) mass is 483 g/mol. The molecule has 188 valence electrons. The van der Waals surface area contributed by atoms with Gasteiger partial charge in [0.15, 0.2) is 18.0 Å². The number of anilines is 1. The van der Waals surface area contributed by atoms with Gasteiger partial charge in [0.2, 0.25) is 0 Å². The molecule has 35 heavy (non-hydrogen) atoms. The third-order valence-corrected chi connectivity index (χ3v) is 7.16. The summed E-state index contributed by atoms with van der Waals surface area (Å²) >= 11 is 0. The molecular weight excluding hydrogens is 450 g/mol. The second kappa shape index (κ2) is 8.95. The van der Waals surface area contributed by atoms with Gasteiger partial charge < -0.3 is 34.8 Å². The summed E-state index contributed by atoms with van der Waals surface area (Å²) in [6.45, 7) is 5.79. The molecule has 2 aliphatic rings. The first-order valence-corrected chi connectivity index (χ1v) is 11.6. The van der Waals surface area contributed by atoms with Gasteiger partial charge in [0.05, 0.1) is 24.0 Å². The van der Waals surface area contributed by atoms with E-state index in [2.05, 4.69) is 5.32 Å². The van der Waals surface area contributed by atoms with Crippen LogP contribution >= 0.6 is 0 Å². The highest BCUT2D eigenvalue weighted by Crippen LogP contribution is 2.48. The fourth-order valence-electron chi connectivity index (χ4n) is 4.73. The number of hydrogen-bond donors (Lipinski definition) is 4. The lowest BCUT2D eigenvalue weighted by Crippen LogP contribution is -2.52. The Morgan fingerprint density at radius 2 is 1.77 bits per heavy atom. The van der Waals surface area contributed by atoms with Crippen molar-refractivity contribution in [2.24, 2.45) is 5.41 Å². The number of aliphatic hydroxyl groups excluding tert-OH is 1. The Bertz CT molecular complexity index is 1140. The van der Waals surface area contributed by atoms with E-state index in [1.54, 1.807) is 48.6 Å². The van der Waals surface area contributed by atoms with E-state index in [1.807, 2.05) is 20.8 Å². The van der Waals surface area contributed by atoms with Gasteiger partial charge in [-0.1, -0.05) is 38.1 Å². The number of fused-ring (bicyclic) bond motifs is 1. The summed E-state index contributed by atoms with van der Waals surface area (Å²) in [5, 5.41) is 36.4. The predicted octanol–water partition coefficient (Wildman–Crippen LogP) is 3.53. The van der Waals surface area contributed by atoms with Crippen molar-refractivity contribution in [1.29, 1.82) is 0 Å². The molecule has 1 saturated heterocycles. The second-order valence-electron chi connectivity index (χ2n) is 10.1. The molecule has 0 unspecified atom stereocenters. The maximum absolute atomic E-state index is 12.8. The van der Waals surface area contributed by atoms with Crippen LogP contribution in [0.15, 0.2) is 42.5 Å². The van der Waals surface area contributed by atoms with E-state index in [1.165, 1.54) is 14.2 Å². The van der Waals surface area contributed by atoms with E-state index in [0.717, 1.165) is 6.42 Å². The lowest BCUT2D eigenvalue weighted by Gasteiger charge is -2.43. The van der Waals surface area contributed by atoms with Gasteiger partial charge in [-0.3, -0.25) is 4.79 Å². The Morgan fingerprint density at radius 3 is 2.37 bits per heavy atom. The van der Waals surface area contributed by atoms with Crippen LogP contribution in [0.2, 0.25) is 0 Å². The van der Waals surface area contributed by atoms with Crippen molar-refractivity contribution in [3.8, 4) is 11.5 Å². The van der Waals surface area contributed by atoms with Crippen LogP contribution in [0.25, 0.3) is 6.08 Å². The van der Waals surface area contributed by atoms with Gasteiger partial charge in [0.1, 0.15) is 11.5 Å². The van der Waals surface area contributed by atoms with Gasteiger partial charge in [0, 0.05) is 18.1 Å². The fraction of sp³-hybridized carbons (Fsp3) is 0.444. The zero-order valence-corrected chi connectivity index (χ0v) is 20.7. The van der Waals surface area contributed by atoms with Crippen molar-refractivity contribution in [3.05, 3.63) is 59.2 Å². The number of carbonyl (C=O) groups excluding carboxylic acids is 1. The molecule has 2 aliphatic heterocycles. The standard InChI is InChI=1S/C27H33NO7/c1-25(2)14-15-26(3,35-24(25)31)13-12-16-6-11-19-20(21(16)29)27(32,22(34-5)23(30)28-19)17-7-9-18(33-4)10-8-17/h6-13,22,24,29,31-32H,14-15H2,1-5H3,(H,28,30)/b13-12+/t22-,24-,26-,27+/m0/s1. The quantitative estimate of drug-likeness (QED) is 0.514. The van der Waals surface area contributed by atoms with Crippen molar-refractivity contribution in [1.82, 2.24) is 0 Å². The fourth-order valence-corrected chi connectivity index (χ4v) is 4.73. The number of amides is 1. The molecular formula is C27H33NO7. The summed E-state index contributed by atoms with van der Waals surface area (Å²) in [4.78, 5) is 12.8. The normalized spacial score (nSPS) is 30.1. The van der Waals surface area contributed by atoms with E-state index in [4.69, 9.17) is 14.2 Å². The Kier molecular flexibility index (Phi) is 6.44. The highest BCUT2D eigenvalue weighted by molar-refractivity contribution is 6.00. The lowest BCUT2D eigenvalue weighted by molar-refractivity contribution is -0.243. The Labute approximate surface area is 205 Å². The first-order valence-electron chi connectivity index (χ1n) is 11.6. The van der Waals surface area contributed by atoms with Crippen molar-refractivity contribution >= 4 is 17.7 Å². The zero-order chi connectivity index (χ0) is 25.6. The molecule has 0 saturated carbocycles. The molecule has 2 aromatic rings. The number of phenolic OH excluding ortho intramolecular Hbond substituents is 1. The number of aliphatic hydroxyl groups is 2. The topological polar surface area (TPSA) is 117 Å². The highest BCUT2D eigenvalue weighted by atomic mass is 16.6. The molecule has 8 nitrogen and oxygen atoms in total. The highest BCUT2D eigenvalue weighted by Gasteiger charge is 2.51. The molecule has 0 spiro atoms. The Balaban J connectivity index is 1.78. The smallest absolute Gasteiger partial charge is 0.257 e. The van der Waals surface area contributed by atoms with E-state index >= 15 is 0 Å². The molecule has 0 radical (unpaired) electrons. The molecule has 2 heterocycles. The van der Waals surface area contributed by atoms with E-state index in [9.17, 15) is 20.1 Å². The molecule has 4 atom stereocenters. The van der Waals surface area contributed by atoms with Crippen LogP contribution in [0.3, 0.4) is 0 Å². The van der Waals surface area contributed by atoms with Crippen LogP contribution in [-0.2, 0) is 19.9 Å². The number of aromatic hydroxyl groups is 1. The lowest BCUT2D eigenvalue weighted by atomic mass is 9.76. The number of ether oxygens (including phenoxy) is 3. The van der Waals surface area contributed by atoms with Crippen LogP contribution in [0.1, 0.15) is 50.3 Å². The first kappa shape index (κ1) is 25.2. The van der Waals surface area contributed by atoms with Crippen molar-refractivity contribution < 1.29 is 34.3 Å². The number of rotatable bonds is 5. The molecule has 8 heteroatoms. The maximum Gasteiger partial charge on any atom is 0.257 e. The number of hydrogen-bond acceptors (Lipinski definition) is 7. The van der Waals surface area contributed by atoms with E-state index in [-0.39, 0.29) is 22.4 Å². The Hall–Kier alpha value is -2.91.